The van der Waals surface area contributed by atoms with Crippen molar-refractivity contribution in [1.82, 2.24) is 0 Å². The van der Waals surface area contributed by atoms with Gasteiger partial charge >= 0.3 is 0 Å². The van der Waals surface area contributed by atoms with Gasteiger partial charge in [-0.25, -0.2) is 4.39 Å². The first kappa shape index (κ1) is 24.6. The van der Waals surface area contributed by atoms with Crippen LogP contribution in [0.2, 0.25) is 0 Å². The van der Waals surface area contributed by atoms with Crippen LogP contribution in [0.25, 0.3) is 0 Å². The van der Waals surface area contributed by atoms with Gasteiger partial charge in [0.25, 0.3) is 11.5 Å². The van der Waals surface area contributed by atoms with Crippen LogP contribution >= 0.6 is 0 Å². The van der Waals surface area contributed by atoms with Crippen molar-refractivity contribution in [1.29, 1.82) is 0 Å². The molecule has 0 bridgehead atoms. The van der Waals surface area contributed by atoms with E-state index in [0.717, 1.165) is 16.7 Å². The molecule has 1 fully saturated rings. The first-order chi connectivity index (χ1) is 18.9. The van der Waals surface area contributed by atoms with Crippen LogP contribution in [0.3, 0.4) is 0 Å². The lowest BCUT2D eigenvalue weighted by molar-refractivity contribution is -0.122. The van der Waals surface area contributed by atoms with Gasteiger partial charge in [-0.2, -0.15) is 0 Å². The summed E-state index contributed by atoms with van der Waals surface area (Å²) in [4.78, 5) is 19.7. The van der Waals surface area contributed by atoms with Crippen LogP contribution in [0.5, 0.6) is 5.75 Å². The zero-order valence-corrected chi connectivity index (χ0v) is 21.9. The van der Waals surface area contributed by atoms with E-state index in [1.165, 1.54) is 12.1 Å². The minimum atomic E-state index is -1.46. The number of ether oxygens (including phenoxy) is 2. The van der Waals surface area contributed by atoms with Crippen LogP contribution in [-0.4, -0.2) is 24.3 Å². The van der Waals surface area contributed by atoms with Crippen LogP contribution in [0.1, 0.15) is 30.5 Å². The molecule has 0 saturated carbocycles. The molecule has 2 aliphatic heterocycles. The highest BCUT2D eigenvalue weighted by molar-refractivity contribution is 6.22. The molecule has 0 aliphatic carbocycles. The average molecular weight is 519 g/mol. The molecule has 1 N–H and O–H groups in total. The van der Waals surface area contributed by atoms with Crippen molar-refractivity contribution >= 4 is 23.0 Å². The van der Waals surface area contributed by atoms with Crippen molar-refractivity contribution in [3.8, 4) is 5.75 Å². The van der Waals surface area contributed by atoms with Crippen LogP contribution < -0.4 is 10.1 Å². The van der Waals surface area contributed by atoms with Gasteiger partial charge in [-0.05, 0) is 73.0 Å². The largest absolute Gasteiger partial charge is 0.497 e. The molecule has 4 aromatic rings. The van der Waals surface area contributed by atoms with Crippen LogP contribution in [0.4, 0.5) is 15.8 Å². The molecule has 0 spiro atoms. The summed E-state index contributed by atoms with van der Waals surface area (Å²) in [7, 11) is 1.61. The van der Waals surface area contributed by atoms with Gasteiger partial charge in [0.2, 0.25) is 0 Å². The fourth-order valence-corrected chi connectivity index (χ4v) is 5.69. The number of fused-ring (bicyclic) bond motifs is 1. The minimum absolute atomic E-state index is 0.320. The first-order valence-corrected chi connectivity index (χ1v) is 12.7. The maximum Gasteiger partial charge on any atom is 0.278 e. The Morgan fingerprint density at radius 2 is 1.56 bits per heavy atom. The Balaban J connectivity index is 1.70. The number of nitrogens with one attached hydrogen (secondary N) is 1. The second-order valence-electron chi connectivity index (χ2n) is 9.90. The monoisotopic (exact) mass is 518 g/mol. The lowest BCUT2D eigenvalue weighted by atomic mass is 9.61. The molecule has 2 atom stereocenters. The Bertz CT molecular complexity index is 1630. The molecule has 1 saturated heterocycles. The summed E-state index contributed by atoms with van der Waals surface area (Å²) < 4.78 is 26.2. The number of hydrogen-bond acceptors (Lipinski definition) is 4. The Morgan fingerprint density at radius 3 is 2.18 bits per heavy atom. The van der Waals surface area contributed by atoms with E-state index in [4.69, 9.17) is 14.5 Å². The molecule has 6 rings (SSSR count). The van der Waals surface area contributed by atoms with Crippen LogP contribution in [0, 0.1) is 5.82 Å². The minimum Gasteiger partial charge on any atom is -0.497 e. The van der Waals surface area contributed by atoms with E-state index < -0.39 is 11.0 Å². The van der Waals surface area contributed by atoms with E-state index in [1.807, 2.05) is 92.7 Å². The normalized spacial score (nSPS) is 20.9. The molecule has 1 amide bonds. The van der Waals surface area contributed by atoms with E-state index in [2.05, 4.69) is 5.32 Å². The molecule has 194 valence electrons. The third-order valence-electron chi connectivity index (χ3n) is 7.39. The maximum absolute atomic E-state index is 14.6. The number of hydrogen-bond donors (Lipinski definition) is 1. The molecule has 5 nitrogen and oxygen atoms in total. The van der Waals surface area contributed by atoms with Gasteiger partial charge < -0.3 is 14.8 Å². The molecule has 2 aliphatic rings. The van der Waals surface area contributed by atoms with E-state index in [0.29, 0.717) is 34.2 Å². The number of epoxide rings is 1. The van der Waals surface area contributed by atoms with Crippen molar-refractivity contribution in [3.63, 3.8) is 0 Å². The number of rotatable bonds is 6. The number of amides is 1. The zero-order valence-electron chi connectivity index (χ0n) is 21.9. The fraction of sp³-hybridized carbons (Fsp3) is 0.152. The molecule has 0 aromatic heterocycles. The SMILES string of the molecule is COc1ccc2c(c1)C(c1ccccc1)(C1(C(=O)Nc3ccccc3)OC1=C(C)C)C(c1ccc(F)cc1)=N2. The van der Waals surface area contributed by atoms with Gasteiger partial charge in [-0.3, -0.25) is 9.79 Å². The standard InChI is InChI=1S/C33H27FN2O3/c1-21(2)30-33(39-30,31(37)35-25-12-8-5-9-13-25)32(23-10-6-4-7-11-23)27-20-26(38-3)18-19-28(27)36-29(32)22-14-16-24(34)17-15-22/h4-20H,1-3H3,(H,35,37). The summed E-state index contributed by atoms with van der Waals surface area (Å²) in [5, 5.41) is 3.10. The topological polar surface area (TPSA) is 63.2 Å². The maximum atomic E-state index is 14.6. The quantitative estimate of drug-likeness (QED) is 0.281. The molecule has 39 heavy (non-hydrogen) atoms. The Morgan fingerprint density at radius 1 is 0.897 bits per heavy atom. The van der Waals surface area contributed by atoms with E-state index >= 15 is 0 Å². The summed E-state index contributed by atoms with van der Waals surface area (Å²) in [5.41, 5.74) is 2.42. The Labute approximate surface area is 226 Å². The summed E-state index contributed by atoms with van der Waals surface area (Å²) in [6.45, 7) is 3.86. The third-order valence-corrected chi connectivity index (χ3v) is 7.39. The predicted molar refractivity (Wildman–Crippen MR) is 150 cm³/mol. The highest BCUT2D eigenvalue weighted by Crippen LogP contribution is 2.64. The Hall–Kier alpha value is -4.71. The van der Waals surface area contributed by atoms with E-state index in [1.54, 1.807) is 19.2 Å². The van der Waals surface area contributed by atoms with Gasteiger partial charge in [-0.1, -0.05) is 60.7 Å². The van der Waals surface area contributed by atoms with Crippen molar-refractivity contribution < 1.29 is 18.7 Å². The number of allylic oxidation sites excluding steroid dienone is 1. The highest BCUT2D eigenvalue weighted by Gasteiger charge is 2.77. The number of halogens is 1. The summed E-state index contributed by atoms with van der Waals surface area (Å²) in [6, 6.07) is 30.9. The van der Waals surface area contributed by atoms with Gasteiger partial charge in [-0.15, -0.1) is 0 Å². The molecule has 0 radical (unpaired) electrons. The van der Waals surface area contributed by atoms with Crippen molar-refractivity contribution in [2.24, 2.45) is 4.99 Å². The number of anilines is 1. The van der Waals surface area contributed by atoms with Gasteiger partial charge in [0.15, 0.2) is 5.76 Å². The molecular weight excluding hydrogens is 491 g/mol. The first-order valence-electron chi connectivity index (χ1n) is 12.7. The van der Waals surface area contributed by atoms with Gasteiger partial charge in [0.1, 0.15) is 17.0 Å². The summed E-state index contributed by atoms with van der Waals surface area (Å²) in [5.74, 6) is 0.526. The third kappa shape index (κ3) is 3.67. The van der Waals surface area contributed by atoms with Crippen LogP contribution in [-0.2, 0) is 14.9 Å². The molecule has 2 unspecified atom stereocenters. The lowest BCUT2D eigenvalue weighted by Gasteiger charge is -2.36. The molecule has 4 aromatic carbocycles. The van der Waals surface area contributed by atoms with Crippen LogP contribution in [0.15, 0.2) is 119 Å². The molecule has 6 heteroatoms. The fourth-order valence-electron chi connectivity index (χ4n) is 5.69. The lowest BCUT2D eigenvalue weighted by Crippen LogP contribution is -2.55. The Kier molecular flexibility index (Phi) is 5.83. The van der Waals surface area contributed by atoms with Gasteiger partial charge in [0.05, 0.1) is 18.5 Å². The average Bonchev–Trinajstić information content (AvgIpc) is 3.64. The number of carbonyl (C=O) groups is 1. The van der Waals surface area contributed by atoms with Gasteiger partial charge in [0, 0.05) is 11.3 Å². The summed E-state index contributed by atoms with van der Waals surface area (Å²) in [6.07, 6.45) is 0. The second-order valence-corrected chi connectivity index (χ2v) is 9.90. The number of benzene rings is 4. The predicted octanol–water partition coefficient (Wildman–Crippen LogP) is 6.96. The summed E-state index contributed by atoms with van der Waals surface area (Å²) >= 11 is 0. The van der Waals surface area contributed by atoms with Crippen molar-refractivity contribution in [2.75, 3.05) is 12.4 Å². The zero-order chi connectivity index (χ0) is 27.2. The van der Waals surface area contributed by atoms with Crippen molar-refractivity contribution in [3.05, 3.63) is 137 Å². The highest BCUT2D eigenvalue weighted by atomic mass is 19.1. The number of nitrogens with zero attached hydrogens (tertiary/aromatic N) is 1. The molecular formula is C33H27FN2O3. The number of aliphatic imine (C=N–C) groups is 1. The van der Waals surface area contributed by atoms with E-state index in [9.17, 15) is 9.18 Å². The second kappa shape index (κ2) is 9.24. The number of carbonyl (C=O) groups excluding carboxylic acids is 1. The smallest absolute Gasteiger partial charge is 0.278 e. The number of methoxy groups -OCH3 is 1. The molecule has 2 heterocycles. The number of para-hydroxylation sites is 1. The van der Waals surface area contributed by atoms with Crippen molar-refractivity contribution in [2.45, 2.75) is 24.9 Å². The van der Waals surface area contributed by atoms with E-state index in [-0.39, 0.29) is 11.7 Å².